The van der Waals surface area contributed by atoms with E-state index in [2.05, 4.69) is 72.8 Å². The van der Waals surface area contributed by atoms with Gasteiger partial charge in [-0.05, 0) is 49.4 Å². The van der Waals surface area contributed by atoms with Gasteiger partial charge in [0.1, 0.15) is 11.6 Å². The van der Waals surface area contributed by atoms with Gasteiger partial charge >= 0.3 is 6.09 Å². The first-order valence-corrected chi connectivity index (χ1v) is 15.7. The zero-order valence-corrected chi connectivity index (χ0v) is 26.2. The van der Waals surface area contributed by atoms with Crippen molar-refractivity contribution in [3.63, 3.8) is 0 Å². The number of likely N-dealkylation sites (tertiary alicyclic amines) is 1. The van der Waals surface area contributed by atoms with Crippen molar-refractivity contribution < 1.29 is 14.3 Å². The van der Waals surface area contributed by atoms with Crippen molar-refractivity contribution in [2.45, 2.75) is 55.4 Å². The molecule has 4 aromatic carbocycles. The summed E-state index contributed by atoms with van der Waals surface area (Å²) < 4.78 is 5.29. The SMILES string of the molecule is CN(Cc1ccccc1)C(=O)[C@H]1C[C@@H](SC(c2ccccc2)(c2ccccc2)c2ccccc2)CN1C(=O)OC(C)(C)C. The smallest absolute Gasteiger partial charge is 0.411 e. The Morgan fingerprint density at radius 2 is 1.21 bits per heavy atom. The zero-order valence-electron chi connectivity index (χ0n) is 25.4. The predicted octanol–water partition coefficient (Wildman–Crippen LogP) is 7.75. The zero-order chi connectivity index (χ0) is 30.5. The number of hydrogen-bond acceptors (Lipinski definition) is 4. The van der Waals surface area contributed by atoms with Gasteiger partial charge in [0.05, 0.1) is 4.75 Å². The molecule has 222 valence electrons. The molecule has 5 rings (SSSR count). The number of ether oxygens (including phenoxy) is 1. The molecule has 0 saturated carbocycles. The van der Waals surface area contributed by atoms with Crippen molar-refractivity contribution in [1.29, 1.82) is 0 Å². The Bertz CT molecular complexity index is 1390. The summed E-state index contributed by atoms with van der Waals surface area (Å²) >= 11 is 1.81. The van der Waals surface area contributed by atoms with Gasteiger partial charge in [-0.25, -0.2) is 4.79 Å². The Morgan fingerprint density at radius 3 is 1.65 bits per heavy atom. The molecule has 0 bridgehead atoms. The van der Waals surface area contributed by atoms with Gasteiger partial charge in [0.25, 0.3) is 0 Å². The molecule has 1 saturated heterocycles. The molecule has 0 aromatic heterocycles. The molecule has 1 aliphatic rings. The number of thioether (sulfide) groups is 1. The molecule has 5 nitrogen and oxygen atoms in total. The van der Waals surface area contributed by atoms with E-state index in [1.165, 1.54) is 0 Å². The van der Waals surface area contributed by atoms with Crippen molar-refractivity contribution in [2.75, 3.05) is 13.6 Å². The Labute approximate surface area is 259 Å². The summed E-state index contributed by atoms with van der Waals surface area (Å²) in [6.07, 6.45) is 0.0719. The molecule has 2 atom stereocenters. The van der Waals surface area contributed by atoms with Crippen LogP contribution in [0.25, 0.3) is 0 Å². The Morgan fingerprint density at radius 1 is 0.767 bits per heavy atom. The molecule has 0 unspecified atom stereocenters. The minimum Gasteiger partial charge on any atom is -0.444 e. The largest absolute Gasteiger partial charge is 0.444 e. The minimum atomic E-state index is -0.673. The average molecular weight is 593 g/mol. The number of benzene rings is 4. The highest BCUT2D eigenvalue weighted by Crippen LogP contribution is 2.52. The fourth-order valence-corrected chi connectivity index (χ4v) is 7.63. The lowest BCUT2D eigenvalue weighted by Gasteiger charge is -2.37. The third kappa shape index (κ3) is 6.97. The maximum Gasteiger partial charge on any atom is 0.411 e. The van der Waals surface area contributed by atoms with Crippen LogP contribution in [0.4, 0.5) is 4.79 Å². The number of nitrogens with zero attached hydrogens (tertiary/aromatic N) is 2. The molecule has 43 heavy (non-hydrogen) atoms. The van der Waals surface area contributed by atoms with Gasteiger partial charge in [-0.3, -0.25) is 9.69 Å². The van der Waals surface area contributed by atoms with E-state index in [0.717, 1.165) is 22.3 Å². The van der Waals surface area contributed by atoms with Crippen molar-refractivity contribution >= 4 is 23.8 Å². The molecule has 1 heterocycles. The molecule has 0 aliphatic carbocycles. The van der Waals surface area contributed by atoms with E-state index >= 15 is 0 Å². The average Bonchev–Trinajstić information content (AvgIpc) is 3.44. The highest BCUT2D eigenvalue weighted by molar-refractivity contribution is 8.01. The summed E-state index contributed by atoms with van der Waals surface area (Å²) in [6, 6.07) is 40.9. The van der Waals surface area contributed by atoms with Crippen LogP contribution in [0.3, 0.4) is 0 Å². The third-order valence-electron chi connectivity index (χ3n) is 7.70. The summed E-state index contributed by atoms with van der Waals surface area (Å²) in [5.41, 5.74) is 3.82. The van der Waals surface area contributed by atoms with Crippen LogP contribution in [0, 0.1) is 0 Å². The number of rotatable bonds is 8. The summed E-state index contributed by atoms with van der Waals surface area (Å²) in [5, 5.41) is -0.0350. The van der Waals surface area contributed by atoms with Crippen molar-refractivity contribution in [1.82, 2.24) is 9.80 Å². The molecule has 0 N–H and O–H groups in total. The Hall–Kier alpha value is -4.03. The van der Waals surface area contributed by atoms with E-state index in [1.54, 1.807) is 9.80 Å². The van der Waals surface area contributed by atoms with Crippen LogP contribution in [0.2, 0.25) is 0 Å². The van der Waals surface area contributed by atoms with Gasteiger partial charge in [0.15, 0.2) is 0 Å². The van der Waals surface area contributed by atoms with Crippen molar-refractivity contribution in [3.05, 3.63) is 144 Å². The van der Waals surface area contributed by atoms with Gasteiger partial charge in [-0.2, -0.15) is 0 Å². The molecule has 1 aliphatic heterocycles. The molecular formula is C37H40N2O3S. The lowest BCUT2D eigenvalue weighted by molar-refractivity contribution is -0.135. The number of hydrogen-bond donors (Lipinski definition) is 0. The van der Waals surface area contributed by atoms with E-state index in [1.807, 2.05) is 88.1 Å². The normalized spacial score (nSPS) is 17.0. The second-order valence-corrected chi connectivity index (χ2v) is 13.6. The summed E-state index contributed by atoms with van der Waals surface area (Å²) in [5.74, 6) is -0.0810. The quantitative estimate of drug-likeness (QED) is 0.196. The highest BCUT2D eigenvalue weighted by Gasteiger charge is 2.47. The van der Waals surface area contributed by atoms with Crippen LogP contribution >= 0.6 is 11.8 Å². The van der Waals surface area contributed by atoms with Crippen molar-refractivity contribution in [2.24, 2.45) is 0 Å². The number of likely N-dealkylation sites (N-methyl/N-ethyl adjacent to an activating group) is 1. The number of carbonyl (C=O) groups is 2. The van der Waals surface area contributed by atoms with Crippen LogP contribution in [0.1, 0.15) is 49.4 Å². The molecule has 6 heteroatoms. The van der Waals surface area contributed by atoms with Gasteiger partial charge in [0.2, 0.25) is 5.91 Å². The summed E-state index contributed by atoms with van der Waals surface area (Å²) in [4.78, 5) is 31.0. The first kappa shape index (κ1) is 30.4. The first-order valence-electron chi connectivity index (χ1n) is 14.8. The fraction of sp³-hybridized carbons (Fsp3) is 0.297. The second kappa shape index (κ2) is 13.1. The van der Waals surface area contributed by atoms with E-state index in [-0.39, 0.29) is 11.2 Å². The molecule has 2 amide bonds. The summed E-state index contributed by atoms with van der Waals surface area (Å²) in [7, 11) is 1.81. The molecule has 1 fully saturated rings. The van der Waals surface area contributed by atoms with Crippen LogP contribution in [0.15, 0.2) is 121 Å². The van der Waals surface area contributed by atoms with Gasteiger partial charge in [0, 0.05) is 25.4 Å². The standard InChI is InChI=1S/C37H40N2O3S/c1-36(2,3)42-35(41)39-27-32(25-33(39)34(40)38(4)26-28-17-9-5-10-18-28)43-37(29-19-11-6-12-20-29,30-21-13-7-14-22-30)31-23-15-8-16-24-31/h5-24,32-33H,25-27H2,1-4H3/t32-,33-/m1/s1. The lowest BCUT2D eigenvalue weighted by Crippen LogP contribution is -2.47. The van der Waals surface area contributed by atoms with E-state index in [0.29, 0.717) is 19.5 Å². The Kier molecular flexibility index (Phi) is 9.26. The van der Waals surface area contributed by atoms with Crippen LogP contribution < -0.4 is 0 Å². The second-order valence-electron chi connectivity index (χ2n) is 12.1. The number of carbonyl (C=O) groups excluding carboxylic acids is 2. The highest BCUT2D eigenvalue weighted by atomic mass is 32.2. The van der Waals surface area contributed by atoms with Crippen LogP contribution in [0.5, 0.6) is 0 Å². The van der Waals surface area contributed by atoms with E-state index < -0.39 is 22.5 Å². The monoisotopic (exact) mass is 592 g/mol. The predicted molar refractivity (Wildman–Crippen MR) is 175 cm³/mol. The van der Waals surface area contributed by atoms with Gasteiger partial charge < -0.3 is 9.64 Å². The van der Waals surface area contributed by atoms with Crippen molar-refractivity contribution in [3.8, 4) is 0 Å². The third-order valence-corrected chi connectivity index (χ3v) is 9.43. The van der Waals surface area contributed by atoms with Crippen LogP contribution in [-0.2, 0) is 20.8 Å². The number of amides is 2. The lowest BCUT2D eigenvalue weighted by atomic mass is 9.84. The minimum absolute atomic E-state index is 0.0350. The molecule has 4 aromatic rings. The van der Waals surface area contributed by atoms with Gasteiger partial charge in [-0.1, -0.05) is 121 Å². The first-order chi connectivity index (χ1) is 20.7. The Balaban J connectivity index is 1.53. The molecular weight excluding hydrogens is 552 g/mol. The topological polar surface area (TPSA) is 49.9 Å². The maximum absolute atomic E-state index is 14.0. The fourth-order valence-electron chi connectivity index (χ4n) is 5.80. The van der Waals surface area contributed by atoms with Gasteiger partial charge in [-0.15, -0.1) is 11.8 Å². The maximum atomic E-state index is 14.0. The van der Waals surface area contributed by atoms with E-state index in [4.69, 9.17) is 4.74 Å². The molecule has 0 spiro atoms. The van der Waals surface area contributed by atoms with E-state index in [9.17, 15) is 9.59 Å². The summed E-state index contributed by atoms with van der Waals surface area (Å²) in [6.45, 7) is 6.45. The molecule has 0 radical (unpaired) electrons. The van der Waals surface area contributed by atoms with Crippen LogP contribution in [-0.4, -0.2) is 52.3 Å².